The van der Waals surface area contributed by atoms with Gasteiger partial charge in [-0.25, -0.2) is 9.78 Å². The van der Waals surface area contributed by atoms with Gasteiger partial charge in [0.1, 0.15) is 5.82 Å². The molecule has 1 rings (SSSR count). The zero-order chi connectivity index (χ0) is 10.4. The third-order valence-corrected chi connectivity index (χ3v) is 1.74. The number of imidazole rings is 1. The van der Waals surface area contributed by atoms with Crippen molar-refractivity contribution < 1.29 is 9.53 Å². The number of hydrogen-bond donors (Lipinski definition) is 0. The Morgan fingerprint density at radius 2 is 2.43 bits per heavy atom. The Labute approximate surface area is 83.2 Å². The molecular formula is C10H14N2O2. The van der Waals surface area contributed by atoms with Gasteiger partial charge in [0.15, 0.2) is 0 Å². The lowest BCUT2D eigenvalue weighted by molar-refractivity contribution is -0.137. The lowest BCUT2D eigenvalue weighted by atomic mass is 10.4. The minimum atomic E-state index is -0.335. The molecule has 0 saturated carbocycles. The molecule has 0 amide bonds. The largest absolute Gasteiger partial charge is 0.463 e. The Hall–Kier alpha value is -1.58. The van der Waals surface area contributed by atoms with Crippen molar-refractivity contribution in [2.45, 2.75) is 20.4 Å². The molecule has 1 aromatic heterocycles. The predicted molar refractivity (Wildman–Crippen MR) is 53.6 cm³/mol. The van der Waals surface area contributed by atoms with E-state index in [-0.39, 0.29) is 5.97 Å². The highest BCUT2D eigenvalue weighted by atomic mass is 16.5. The third kappa shape index (κ3) is 2.73. The number of aromatic nitrogens is 2. The molecule has 14 heavy (non-hydrogen) atoms. The number of carbonyl (C=O) groups excluding carboxylic acids is 1. The molecule has 0 aromatic carbocycles. The lowest BCUT2D eigenvalue weighted by Gasteiger charge is -1.98. The minimum Gasteiger partial charge on any atom is -0.463 e. The van der Waals surface area contributed by atoms with Gasteiger partial charge in [0, 0.05) is 25.0 Å². The molecule has 0 bridgehead atoms. The molecule has 1 heterocycles. The van der Waals surface area contributed by atoms with Gasteiger partial charge in [-0.05, 0) is 19.9 Å². The highest BCUT2D eigenvalue weighted by Gasteiger charge is 1.98. The van der Waals surface area contributed by atoms with Crippen molar-refractivity contribution in [3.05, 3.63) is 24.3 Å². The molecule has 0 aliphatic heterocycles. The summed E-state index contributed by atoms with van der Waals surface area (Å²) in [5.41, 5.74) is 0. The van der Waals surface area contributed by atoms with Gasteiger partial charge in [0.25, 0.3) is 0 Å². The van der Waals surface area contributed by atoms with Gasteiger partial charge in [-0.2, -0.15) is 0 Å². The van der Waals surface area contributed by atoms with Gasteiger partial charge < -0.3 is 9.30 Å². The maximum atomic E-state index is 11.0. The van der Waals surface area contributed by atoms with Gasteiger partial charge in [-0.3, -0.25) is 0 Å². The van der Waals surface area contributed by atoms with Crippen molar-refractivity contribution in [2.75, 3.05) is 6.61 Å². The number of nitrogens with zero attached hydrogens (tertiary/aromatic N) is 2. The molecule has 0 fully saturated rings. The van der Waals surface area contributed by atoms with Crippen LogP contribution in [-0.2, 0) is 16.1 Å². The molecule has 0 saturated heterocycles. The zero-order valence-corrected chi connectivity index (χ0v) is 8.43. The molecule has 0 spiro atoms. The van der Waals surface area contributed by atoms with E-state index in [9.17, 15) is 4.79 Å². The molecule has 0 aliphatic rings. The van der Waals surface area contributed by atoms with Gasteiger partial charge in [-0.15, -0.1) is 0 Å². The first-order chi connectivity index (χ1) is 6.77. The quantitative estimate of drug-likeness (QED) is 0.538. The summed E-state index contributed by atoms with van der Waals surface area (Å²) >= 11 is 0. The van der Waals surface area contributed by atoms with Crippen LogP contribution in [0.3, 0.4) is 0 Å². The van der Waals surface area contributed by atoms with Gasteiger partial charge in [0.05, 0.1) is 6.61 Å². The summed E-state index contributed by atoms with van der Waals surface area (Å²) in [6.45, 7) is 5.02. The number of carbonyl (C=O) groups is 1. The molecule has 0 unspecified atom stereocenters. The Morgan fingerprint density at radius 3 is 3.07 bits per heavy atom. The van der Waals surface area contributed by atoms with Crippen molar-refractivity contribution in [3.8, 4) is 0 Å². The summed E-state index contributed by atoms with van der Waals surface area (Å²) in [6.07, 6.45) is 6.61. The molecule has 0 atom stereocenters. The average molecular weight is 194 g/mol. The topological polar surface area (TPSA) is 44.1 Å². The Morgan fingerprint density at radius 1 is 1.64 bits per heavy atom. The fourth-order valence-electron chi connectivity index (χ4n) is 1.08. The van der Waals surface area contributed by atoms with Crippen LogP contribution in [0.2, 0.25) is 0 Å². The van der Waals surface area contributed by atoms with Crippen molar-refractivity contribution >= 4 is 12.0 Å². The second-order valence-corrected chi connectivity index (χ2v) is 2.66. The van der Waals surface area contributed by atoms with Crippen molar-refractivity contribution in [2.24, 2.45) is 0 Å². The van der Waals surface area contributed by atoms with E-state index >= 15 is 0 Å². The fourth-order valence-corrected chi connectivity index (χ4v) is 1.08. The van der Waals surface area contributed by atoms with Crippen LogP contribution >= 0.6 is 0 Å². The highest BCUT2D eigenvalue weighted by Crippen LogP contribution is 2.00. The molecule has 76 valence electrons. The maximum Gasteiger partial charge on any atom is 0.330 e. The summed E-state index contributed by atoms with van der Waals surface area (Å²) in [5, 5.41) is 0. The number of rotatable bonds is 4. The third-order valence-electron chi connectivity index (χ3n) is 1.74. The van der Waals surface area contributed by atoms with Crippen LogP contribution in [0.5, 0.6) is 0 Å². The molecular weight excluding hydrogens is 180 g/mol. The van der Waals surface area contributed by atoms with E-state index in [2.05, 4.69) is 4.98 Å². The van der Waals surface area contributed by atoms with E-state index in [0.717, 1.165) is 12.4 Å². The number of ether oxygens (including phenoxy) is 1. The van der Waals surface area contributed by atoms with Crippen LogP contribution in [0.15, 0.2) is 18.5 Å². The van der Waals surface area contributed by atoms with Crippen molar-refractivity contribution in [1.29, 1.82) is 0 Å². The Balaban J connectivity index is 2.63. The Kier molecular flexibility index (Phi) is 3.91. The molecule has 0 radical (unpaired) electrons. The standard InChI is InChI=1S/C10H14N2O2/c1-3-12-8-7-11-9(12)5-6-10(13)14-4-2/h5-8H,3-4H2,1-2H3/b6-5+. The van der Waals surface area contributed by atoms with Gasteiger partial charge in [0.2, 0.25) is 0 Å². The van der Waals surface area contributed by atoms with Gasteiger partial charge in [-0.1, -0.05) is 0 Å². The van der Waals surface area contributed by atoms with E-state index in [1.165, 1.54) is 6.08 Å². The van der Waals surface area contributed by atoms with Crippen LogP contribution in [0.25, 0.3) is 6.08 Å². The zero-order valence-electron chi connectivity index (χ0n) is 8.43. The van der Waals surface area contributed by atoms with Crippen molar-refractivity contribution in [3.63, 3.8) is 0 Å². The first-order valence-corrected chi connectivity index (χ1v) is 4.63. The van der Waals surface area contributed by atoms with Crippen molar-refractivity contribution in [1.82, 2.24) is 9.55 Å². The van der Waals surface area contributed by atoms with Crippen LogP contribution in [0.4, 0.5) is 0 Å². The summed E-state index contributed by atoms with van der Waals surface area (Å²) in [7, 11) is 0. The molecule has 1 aromatic rings. The monoisotopic (exact) mass is 194 g/mol. The predicted octanol–water partition coefficient (Wildman–Crippen LogP) is 1.48. The molecule has 0 N–H and O–H groups in total. The van der Waals surface area contributed by atoms with E-state index in [4.69, 9.17) is 4.74 Å². The molecule has 4 nitrogen and oxygen atoms in total. The highest BCUT2D eigenvalue weighted by molar-refractivity contribution is 5.86. The lowest BCUT2D eigenvalue weighted by Crippen LogP contribution is -2.00. The number of aryl methyl sites for hydroxylation is 1. The van der Waals surface area contributed by atoms with E-state index in [0.29, 0.717) is 6.61 Å². The molecule has 0 aliphatic carbocycles. The first kappa shape index (κ1) is 10.5. The number of esters is 1. The number of hydrogen-bond acceptors (Lipinski definition) is 3. The SMILES string of the molecule is CCOC(=O)/C=C/c1nccn1CC. The second kappa shape index (κ2) is 5.21. The van der Waals surface area contributed by atoms with Crippen LogP contribution < -0.4 is 0 Å². The minimum absolute atomic E-state index is 0.335. The fraction of sp³-hybridized carbons (Fsp3) is 0.400. The normalized spacial score (nSPS) is 10.7. The second-order valence-electron chi connectivity index (χ2n) is 2.66. The summed E-state index contributed by atoms with van der Waals surface area (Å²) in [4.78, 5) is 15.1. The molecule has 4 heteroatoms. The van der Waals surface area contributed by atoms with Crippen LogP contribution in [-0.4, -0.2) is 22.1 Å². The maximum absolute atomic E-state index is 11.0. The summed E-state index contributed by atoms with van der Waals surface area (Å²) in [6, 6.07) is 0. The van der Waals surface area contributed by atoms with E-state index in [1.54, 1.807) is 19.2 Å². The van der Waals surface area contributed by atoms with E-state index < -0.39 is 0 Å². The Bertz CT molecular complexity index is 329. The van der Waals surface area contributed by atoms with E-state index in [1.807, 2.05) is 17.7 Å². The van der Waals surface area contributed by atoms with Crippen LogP contribution in [0.1, 0.15) is 19.7 Å². The summed E-state index contributed by atoms with van der Waals surface area (Å²) < 4.78 is 6.69. The average Bonchev–Trinajstić information content (AvgIpc) is 2.62. The smallest absolute Gasteiger partial charge is 0.330 e. The first-order valence-electron chi connectivity index (χ1n) is 4.63. The van der Waals surface area contributed by atoms with Crippen LogP contribution in [0, 0.1) is 0 Å². The summed E-state index contributed by atoms with van der Waals surface area (Å²) in [5.74, 6) is 0.429. The van der Waals surface area contributed by atoms with Gasteiger partial charge >= 0.3 is 5.97 Å².